The monoisotopic (exact) mass is 454 g/mol. The quantitative estimate of drug-likeness (QED) is 0.337. The Bertz CT molecular complexity index is 1160. The molecule has 0 radical (unpaired) electrons. The number of hydrogen-bond acceptors (Lipinski definition) is 10. The predicted molar refractivity (Wildman–Crippen MR) is 113 cm³/mol. The van der Waals surface area contributed by atoms with Crippen LogP contribution in [0.4, 0.5) is 5.95 Å². The number of carbonyl (C=O) groups excluding carboxylic acids is 1. The van der Waals surface area contributed by atoms with Crippen LogP contribution in [0, 0.1) is 11.3 Å². The van der Waals surface area contributed by atoms with Crippen molar-refractivity contribution >= 4 is 23.0 Å². The number of benzene rings is 1. The highest BCUT2D eigenvalue weighted by Crippen LogP contribution is 2.33. The molecule has 0 spiro atoms. The van der Waals surface area contributed by atoms with Crippen molar-refractivity contribution in [2.75, 3.05) is 18.5 Å². The van der Waals surface area contributed by atoms with Crippen molar-refractivity contribution in [2.45, 2.75) is 37.4 Å². The first-order valence-electron chi connectivity index (χ1n) is 10.2. The predicted octanol–water partition coefficient (Wildman–Crippen LogP) is -0.0885. The summed E-state index contributed by atoms with van der Waals surface area (Å²) in [5.74, 6) is -0.387. The standard InChI is InChI=1S/C21H22N6O6/c22-7-4-8-32-19-15-18(27(11-23-15)20-17(31)16(30)13(10-28)33-20)25-21(26-19)24-14(29)9-12-5-2-1-3-6-12/h1-3,5-6,11,13,16-17,20,28,30-31H,4,8-10H2,(H,24,25,26,29)/t13-,16-,17-,20-/m1/s1. The number of anilines is 1. The topological polar surface area (TPSA) is 176 Å². The Balaban J connectivity index is 1.66. The van der Waals surface area contributed by atoms with E-state index in [2.05, 4.69) is 20.3 Å². The van der Waals surface area contributed by atoms with Gasteiger partial charge in [-0.25, -0.2) is 4.98 Å². The van der Waals surface area contributed by atoms with E-state index < -0.39 is 31.1 Å². The summed E-state index contributed by atoms with van der Waals surface area (Å²) in [6, 6.07) is 11.1. The van der Waals surface area contributed by atoms with Crippen LogP contribution in [0.25, 0.3) is 11.2 Å². The van der Waals surface area contributed by atoms with Gasteiger partial charge in [0.1, 0.15) is 24.9 Å². The van der Waals surface area contributed by atoms with Gasteiger partial charge in [-0.1, -0.05) is 30.3 Å². The highest BCUT2D eigenvalue weighted by molar-refractivity contribution is 5.91. The van der Waals surface area contributed by atoms with Crippen molar-refractivity contribution in [1.29, 1.82) is 5.26 Å². The van der Waals surface area contributed by atoms with Gasteiger partial charge < -0.3 is 24.8 Å². The maximum absolute atomic E-state index is 12.5. The number of fused-ring (bicyclic) bond motifs is 1. The van der Waals surface area contributed by atoms with Crippen molar-refractivity contribution in [3.05, 3.63) is 42.2 Å². The molecule has 2 aromatic heterocycles. The first-order valence-corrected chi connectivity index (χ1v) is 10.2. The van der Waals surface area contributed by atoms with Crippen LogP contribution in [-0.2, 0) is 16.0 Å². The fourth-order valence-electron chi connectivity index (χ4n) is 3.49. The molecule has 33 heavy (non-hydrogen) atoms. The van der Waals surface area contributed by atoms with Crippen LogP contribution in [0.15, 0.2) is 36.7 Å². The minimum Gasteiger partial charge on any atom is -0.475 e. The minimum atomic E-state index is -1.35. The summed E-state index contributed by atoms with van der Waals surface area (Å²) < 4.78 is 12.5. The first kappa shape index (κ1) is 22.6. The van der Waals surface area contributed by atoms with Gasteiger partial charge in [0.2, 0.25) is 17.7 Å². The number of nitrogens with zero attached hydrogens (tertiary/aromatic N) is 5. The second-order valence-electron chi connectivity index (χ2n) is 7.37. The molecule has 12 nitrogen and oxygen atoms in total. The number of aliphatic hydroxyl groups is 3. The zero-order valence-corrected chi connectivity index (χ0v) is 17.4. The van der Waals surface area contributed by atoms with Crippen LogP contribution in [0.3, 0.4) is 0 Å². The Morgan fingerprint density at radius 2 is 2.03 bits per heavy atom. The van der Waals surface area contributed by atoms with E-state index in [1.165, 1.54) is 10.9 Å². The van der Waals surface area contributed by atoms with E-state index in [1.807, 2.05) is 36.4 Å². The van der Waals surface area contributed by atoms with Crippen molar-refractivity contribution < 1.29 is 29.6 Å². The molecule has 12 heteroatoms. The number of hydrogen-bond donors (Lipinski definition) is 4. The van der Waals surface area contributed by atoms with Crippen LogP contribution >= 0.6 is 0 Å². The van der Waals surface area contributed by atoms with Gasteiger partial charge in [-0.2, -0.15) is 15.2 Å². The summed E-state index contributed by atoms with van der Waals surface area (Å²) in [5.41, 5.74) is 1.19. The lowest BCUT2D eigenvalue weighted by molar-refractivity contribution is -0.115. The highest BCUT2D eigenvalue weighted by atomic mass is 16.6. The molecule has 4 rings (SSSR count). The van der Waals surface area contributed by atoms with Gasteiger partial charge in [-0.15, -0.1) is 0 Å². The molecular formula is C21H22N6O6. The lowest BCUT2D eigenvalue weighted by Gasteiger charge is -2.17. The Kier molecular flexibility index (Phi) is 6.76. The fourth-order valence-corrected chi connectivity index (χ4v) is 3.49. The number of ether oxygens (including phenoxy) is 2. The number of aromatic nitrogens is 4. The van der Waals surface area contributed by atoms with Crippen LogP contribution < -0.4 is 10.1 Å². The molecular weight excluding hydrogens is 432 g/mol. The molecule has 1 aliphatic rings. The molecule has 172 valence electrons. The number of nitrogens with one attached hydrogen (secondary N) is 1. The van der Waals surface area contributed by atoms with Crippen LogP contribution in [-0.4, -0.2) is 72.3 Å². The number of nitriles is 1. The van der Waals surface area contributed by atoms with Crippen molar-refractivity contribution in [3.63, 3.8) is 0 Å². The molecule has 0 aliphatic carbocycles. The fraction of sp³-hybridized carbons (Fsp3) is 0.381. The lowest BCUT2D eigenvalue weighted by atomic mass is 10.1. The molecule has 1 aliphatic heterocycles. The zero-order chi connectivity index (χ0) is 23.4. The SMILES string of the molecule is N#CCCOc1nc(NC(=O)Cc2ccccc2)nc2c1ncn2[C@@H]1O[C@H](CO)[C@@H](O)[C@H]1O. The molecule has 4 N–H and O–H groups in total. The molecule has 0 saturated carbocycles. The van der Waals surface area contributed by atoms with Gasteiger partial charge in [-0.3, -0.25) is 14.7 Å². The Morgan fingerprint density at radius 3 is 2.73 bits per heavy atom. The van der Waals surface area contributed by atoms with E-state index in [0.717, 1.165) is 5.56 Å². The van der Waals surface area contributed by atoms with Crippen LogP contribution in [0.1, 0.15) is 18.2 Å². The normalized spacial score (nSPS) is 22.2. The third-order valence-corrected chi connectivity index (χ3v) is 5.09. The second kappa shape index (κ2) is 9.88. The maximum atomic E-state index is 12.5. The molecule has 1 amide bonds. The largest absolute Gasteiger partial charge is 0.475 e. The lowest BCUT2D eigenvalue weighted by Crippen LogP contribution is -2.33. The van der Waals surface area contributed by atoms with E-state index in [1.54, 1.807) is 0 Å². The van der Waals surface area contributed by atoms with Crippen molar-refractivity contribution in [3.8, 4) is 11.9 Å². The maximum Gasteiger partial charge on any atom is 0.247 e. The third kappa shape index (κ3) is 4.76. The van der Waals surface area contributed by atoms with Crippen LogP contribution in [0.5, 0.6) is 5.88 Å². The third-order valence-electron chi connectivity index (χ3n) is 5.09. The van der Waals surface area contributed by atoms with Gasteiger partial charge in [0.15, 0.2) is 17.4 Å². The number of rotatable bonds is 8. The molecule has 0 unspecified atom stereocenters. The average molecular weight is 454 g/mol. The van der Waals surface area contributed by atoms with E-state index in [-0.39, 0.29) is 48.3 Å². The van der Waals surface area contributed by atoms with Gasteiger partial charge >= 0.3 is 0 Å². The van der Waals surface area contributed by atoms with Gasteiger partial charge in [0, 0.05) is 0 Å². The molecule has 1 fully saturated rings. The van der Waals surface area contributed by atoms with Gasteiger partial charge in [0.25, 0.3) is 0 Å². The summed E-state index contributed by atoms with van der Waals surface area (Å²) in [7, 11) is 0. The van der Waals surface area contributed by atoms with E-state index >= 15 is 0 Å². The van der Waals surface area contributed by atoms with E-state index in [0.29, 0.717) is 0 Å². The summed E-state index contributed by atoms with van der Waals surface area (Å²) >= 11 is 0. The Morgan fingerprint density at radius 1 is 1.24 bits per heavy atom. The first-order chi connectivity index (χ1) is 16.0. The van der Waals surface area contributed by atoms with Gasteiger partial charge in [-0.05, 0) is 5.56 Å². The average Bonchev–Trinajstić information content (AvgIpc) is 3.35. The Labute approximate surface area is 188 Å². The summed E-state index contributed by atoms with van der Waals surface area (Å²) in [6.45, 7) is -0.444. The summed E-state index contributed by atoms with van der Waals surface area (Å²) in [5, 5.41) is 41.3. The number of imidazole rings is 1. The van der Waals surface area contributed by atoms with Crippen LogP contribution in [0.2, 0.25) is 0 Å². The second-order valence-corrected chi connectivity index (χ2v) is 7.37. The molecule has 0 bridgehead atoms. The molecule has 4 atom stereocenters. The zero-order valence-electron chi connectivity index (χ0n) is 17.4. The molecule has 3 aromatic rings. The minimum absolute atomic E-state index is 0.0377. The summed E-state index contributed by atoms with van der Waals surface area (Å²) in [6.07, 6.45) is -3.20. The highest BCUT2D eigenvalue weighted by Gasteiger charge is 2.44. The van der Waals surface area contributed by atoms with Gasteiger partial charge in [0.05, 0.1) is 31.8 Å². The van der Waals surface area contributed by atoms with Crippen molar-refractivity contribution in [2.24, 2.45) is 0 Å². The Hall–Kier alpha value is -3.63. The molecule has 1 aromatic carbocycles. The van der Waals surface area contributed by atoms with E-state index in [9.17, 15) is 20.1 Å². The van der Waals surface area contributed by atoms with E-state index in [4.69, 9.17) is 14.7 Å². The smallest absolute Gasteiger partial charge is 0.247 e. The molecule has 3 heterocycles. The summed E-state index contributed by atoms with van der Waals surface area (Å²) in [4.78, 5) is 25.3. The van der Waals surface area contributed by atoms with Crippen molar-refractivity contribution in [1.82, 2.24) is 19.5 Å². The number of amides is 1. The number of carbonyl (C=O) groups is 1. The number of aliphatic hydroxyl groups excluding tert-OH is 3. The molecule has 1 saturated heterocycles.